The predicted molar refractivity (Wildman–Crippen MR) is 301 cm³/mol. The number of aryl methyl sites for hydroxylation is 3. The van der Waals surface area contributed by atoms with E-state index in [2.05, 4.69) is 86.1 Å². The van der Waals surface area contributed by atoms with Gasteiger partial charge in [-0.1, -0.05) is 63.7 Å². The average Bonchev–Trinajstić information content (AvgIpc) is 4.03. The van der Waals surface area contributed by atoms with Gasteiger partial charge in [-0.05, 0) is 122 Å². The molecule has 10 aromatic rings. The number of hydrogen-bond donors (Lipinski definition) is 2. The zero-order valence-electron chi connectivity index (χ0n) is 39.5. The van der Waals surface area contributed by atoms with Crippen LogP contribution in [0.15, 0.2) is 145 Å². The van der Waals surface area contributed by atoms with Gasteiger partial charge in [0.05, 0.1) is 38.5 Å². The van der Waals surface area contributed by atoms with Crippen molar-refractivity contribution >= 4 is 85.7 Å². The molecule has 0 aliphatic rings. The zero-order valence-corrected chi connectivity index (χ0v) is 45.4. The number of nitrogens with one attached hydrogen (secondary N) is 1. The maximum atomic E-state index is 13.5. The van der Waals surface area contributed by atoms with E-state index >= 15 is 0 Å². The van der Waals surface area contributed by atoms with Crippen LogP contribution in [-0.4, -0.2) is 72.5 Å². The number of halogens is 6. The quantitative estimate of drug-likeness (QED) is 0.119. The second kappa shape index (κ2) is 28.6. The van der Waals surface area contributed by atoms with Gasteiger partial charge in [0, 0.05) is 37.2 Å². The Balaban J connectivity index is 0.000000272. The van der Waals surface area contributed by atoms with Gasteiger partial charge >= 0.3 is 38.1 Å². The minimum absolute atomic E-state index is 0. The third-order valence-electron chi connectivity index (χ3n) is 9.02. The predicted octanol–water partition coefficient (Wildman–Crippen LogP) is 15.5. The molecule has 1 aromatic carbocycles. The fraction of sp³-hybridized carbons (Fsp3) is 0.189. The number of aromatic nitrogens is 11. The van der Waals surface area contributed by atoms with E-state index in [1.54, 1.807) is 91.1 Å². The van der Waals surface area contributed by atoms with Crippen molar-refractivity contribution in [1.82, 2.24) is 54.1 Å². The molecule has 0 unspecified atom stereocenters. The Labute approximate surface area is 452 Å². The molecule has 0 aliphatic carbocycles. The van der Waals surface area contributed by atoms with Gasteiger partial charge in [0.15, 0.2) is 5.82 Å². The Morgan fingerprint density at radius 1 is 0.581 bits per heavy atom. The van der Waals surface area contributed by atoms with Gasteiger partial charge in [-0.3, -0.25) is 9.97 Å². The number of fused-ring (bicyclic) bond motifs is 2. The van der Waals surface area contributed by atoms with Crippen molar-refractivity contribution in [1.29, 1.82) is 0 Å². The van der Waals surface area contributed by atoms with E-state index < -0.39 is 18.4 Å². The number of pyridine rings is 5. The van der Waals surface area contributed by atoms with Crippen molar-refractivity contribution in [2.75, 3.05) is 11.1 Å². The first kappa shape index (κ1) is 61.6. The number of benzene rings is 1. The second-order valence-corrected chi connectivity index (χ2v) is 35.5. The molecular weight excluding hydrogens is 1160 g/mol. The summed E-state index contributed by atoms with van der Waals surface area (Å²) in [6, 6.07) is 29.0. The third-order valence-corrected chi connectivity index (χ3v) is 10.1. The standard InChI is InChI=1S/C18H13FN4O.C17H12ClFN6.C6H5BrFN.C5H5ClN2.3CH4.4CH3.Sn/c1-12-14(19)9-10-15(20-12)17-21-18(16-8-5-11-23(16)22-17)24-13-6-3-2-4-7-13;1-10-12(19)4-5-14(21-10)16-23-17(15-3-2-8-25(15)24-16)22-13-6-7-20-9-11(13)18;1-4-5(8)2-3-6(7)9-4;6-4-3-8-2-1-5(4)7;;;;;;;;/h2-11H,1H3;2-9H,1H3,(H,20,22,23,24);2-3H,1H3;1-3H,(H2,7,8);3*1H4;4*1H3;. The Morgan fingerprint density at radius 3 is 1.55 bits per heavy atom. The molecule has 0 aliphatic heterocycles. The molecule has 9 heterocycles. The Morgan fingerprint density at radius 2 is 1.07 bits per heavy atom. The van der Waals surface area contributed by atoms with Crippen molar-refractivity contribution in [3.8, 4) is 34.7 Å². The first-order valence-corrected chi connectivity index (χ1v) is 34.5. The molecule has 0 radical (unpaired) electrons. The third kappa shape index (κ3) is 18.0. The fourth-order valence-electron chi connectivity index (χ4n) is 5.67. The monoisotopic (exact) mass is 1220 g/mol. The number of anilines is 3. The summed E-state index contributed by atoms with van der Waals surface area (Å²) in [5.41, 5.74) is 10.1. The minimum atomic E-state index is -1.18. The van der Waals surface area contributed by atoms with Crippen LogP contribution in [0.3, 0.4) is 0 Å². The summed E-state index contributed by atoms with van der Waals surface area (Å²) in [4.78, 5) is 38.6. The van der Waals surface area contributed by atoms with Crippen LogP contribution in [0.4, 0.5) is 30.4 Å². The molecule has 14 nitrogen and oxygen atoms in total. The average molecular weight is 1220 g/mol. The number of hydrogen-bond acceptors (Lipinski definition) is 12. The fourth-order valence-corrected chi connectivity index (χ4v) is 6.35. The summed E-state index contributed by atoms with van der Waals surface area (Å²) in [6.45, 7) is 4.83. The van der Waals surface area contributed by atoms with Crippen LogP contribution < -0.4 is 15.8 Å². The van der Waals surface area contributed by atoms with Gasteiger partial charge in [-0.25, -0.2) is 42.1 Å². The van der Waals surface area contributed by atoms with E-state index in [4.69, 9.17) is 33.7 Å². The summed E-state index contributed by atoms with van der Waals surface area (Å²) in [5.74, 6) is 1.40. The molecule has 21 heteroatoms. The molecule has 9 aromatic heterocycles. The summed E-state index contributed by atoms with van der Waals surface area (Å²) in [6.07, 6.45) is 9.89. The van der Waals surface area contributed by atoms with Crippen LogP contribution in [-0.2, 0) is 0 Å². The molecule has 0 amide bonds. The van der Waals surface area contributed by atoms with E-state index in [0.29, 0.717) is 83.6 Å². The van der Waals surface area contributed by atoms with Crippen LogP contribution in [0.25, 0.3) is 34.1 Å². The van der Waals surface area contributed by atoms with E-state index in [0.717, 1.165) is 11.0 Å². The zero-order chi connectivity index (χ0) is 51.2. The first-order chi connectivity index (χ1) is 33.8. The second-order valence-electron chi connectivity index (χ2n) is 16.7. The van der Waals surface area contributed by atoms with Gasteiger partial charge in [0.2, 0.25) is 17.5 Å². The van der Waals surface area contributed by atoms with Gasteiger partial charge < -0.3 is 15.8 Å². The van der Waals surface area contributed by atoms with Crippen molar-refractivity contribution in [2.24, 2.45) is 0 Å². The topological polar surface area (TPSA) is 172 Å². The molecule has 0 saturated carbocycles. The number of rotatable bonds is 6. The van der Waals surface area contributed by atoms with Gasteiger partial charge in [-0.15, -0.1) is 10.2 Å². The van der Waals surface area contributed by atoms with Crippen molar-refractivity contribution in [3.05, 3.63) is 189 Å². The van der Waals surface area contributed by atoms with E-state index in [1.165, 1.54) is 24.4 Å². The molecular formula is C53H59BrCl2F3N13OSn. The molecule has 0 atom stereocenters. The molecule has 3 N–H and O–H groups in total. The Hall–Kier alpha value is -6.74. The van der Waals surface area contributed by atoms with Crippen molar-refractivity contribution in [3.63, 3.8) is 0 Å². The van der Waals surface area contributed by atoms with E-state index in [9.17, 15) is 13.2 Å². The number of nitrogens with zero attached hydrogens (tertiary/aromatic N) is 11. The molecule has 0 saturated heterocycles. The number of nitrogens with two attached hydrogens (primary N) is 1. The molecule has 0 spiro atoms. The van der Waals surface area contributed by atoms with Crippen LogP contribution in [0.2, 0.25) is 29.8 Å². The maximum absolute atomic E-state index is 13.5. The molecule has 0 fully saturated rings. The molecule has 388 valence electrons. The Kier molecular flexibility index (Phi) is 23.8. The van der Waals surface area contributed by atoms with Gasteiger partial charge in [-0.2, -0.15) is 4.98 Å². The van der Waals surface area contributed by atoms with Crippen molar-refractivity contribution < 1.29 is 17.9 Å². The molecule has 10 rings (SSSR count). The van der Waals surface area contributed by atoms with Gasteiger partial charge in [0.25, 0.3) is 0 Å². The van der Waals surface area contributed by atoms with E-state index in [-0.39, 0.29) is 39.7 Å². The SMILES string of the molecule is C.C.C.Cc1nc(-c2nc(Nc3ccncc3Cl)c3cccn3n2)ccc1F.Cc1nc(-c2nc(Oc3ccccc3)c3cccn3n2)ccc1F.Cc1nc(Br)ccc1F.Nc1ccncc1Cl.[CH3][Sn]([CH3])([CH3])[CH3]. The summed E-state index contributed by atoms with van der Waals surface area (Å²) in [5, 5.41) is 13.0. The molecule has 0 bridgehead atoms. The summed E-state index contributed by atoms with van der Waals surface area (Å²) in [7, 11) is 0. The van der Waals surface area contributed by atoms with Crippen LogP contribution in [0, 0.1) is 38.2 Å². The summed E-state index contributed by atoms with van der Waals surface area (Å²) >= 11 is 13.6. The number of nitrogen functional groups attached to an aromatic ring is 1. The van der Waals surface area contributed by atoms with Gasteiger partial charge in [0.1, 0.15) is 50.2 Å². The molecule has 74 heavy (non-hydrogen) atoms. The summed E-state index contributed by atoms with van der Waals surface area (Å²) < 4.78 is 49.3. The van der Waals surface area contributed by atoms with Crippen molar-refractivity contribution in [2.45, 2.75) is 62.8 Å². The van der Waals surface area contributed by atoms with Crippen LogP contribution in [0.1, 0.15) is 39.4 Å². The Bertz CT molecular complexity index is 3360. The van der Waals surface area contributed by atoms with Crippen LogP contribution in [0.5, 0.6) is 11.6 Å². The van der Waals surface area contributed by atoms with Crippen LogP contribution >= 0.6 is 39.1 Å². The van der Waals surface area contributed by atoms with E-state index in [1.807, 2.05) is 54.6 Å². The number of ether oxygens (including phenoxy) is 1. The first-order valence-electron chi connectivity index (χ1n) is 21.5. The number of para-hydroxylation sites is 1. The normalized spacial score (nSPS) is 10.2.